The summed E-state index contributed by atoms with van der Waals surface area (Å²) >= 11 is 1.16. The minimum atomic E-state index is -4.65. The molecule has 2 heterocycles. The van der Waals surface area contributed by atoms with Crippen molar-refractivity contribution in [3.8, 4) is 16.5 Å². The molecule has 0 aliphatic rings. The van der Waals surface area contributed by atoms with E-state index < -0.39 is 17.4 Å². The average molecular weight is 270 g/mol. The average Bonchev–Trinajstić information content (AvgIpc) is 2.79. The molecule has 0 amide bonds. The molecule has 0 atom stereocenters. The van der Waals surface area contributed by atoms with Crippen LogP contribution in [0.1, 0.15) is 11.3 Å². The molecule has 0 bridgehead atoms. The van der Waals surface area contributed by atoms with E-state index in [2.05, 4.69) is 0 Å². The lowest BCUT2D eigenvalue weighted by molar-refractivity contribution is -0.141. The smallest absolute Gasteiger partial charge is 0.317 e. The lowest BCUT2D eigenvalue weighted by Crippen LogP contribution is -2.19. The van der Waals surface area contributed by atoms with Gasteiger partial charge in [0.05, 0.1) is 0 Å². The Balaban J connectivity index is 2.75. The zero-order valence-electron chi connectivity index (χ0n) is 8.71. The van der Waals surface area contributed by atoms with Gasteiger partial charge in [0.15, 0.2) is 0 Å². The molecule has 0 aliphatic carbocycles. The Hall–Kier alpha value is -2.07. The number of hydrogen-bond donors (Lipinski definition) is 1. The Kier molecular flexibility index (Phi) is 2.97. The lowest BCUT2D eigenvalue weighted by atomic mass is 10.1. The van der Waals surface area contributed by atoms with E-state index in [1.807, 2.05) is 0 Å². The Morgan fingerprint density at radius 2 is 2.11 bits per heavy atom. The number of aromatic amines is 1. The summed E-state index contributed by atoms with van der Waals surface area (Å²) in [6, 6.07) is 5.60. The van der Waals surface area contributed by atoms with Crippen LogP contribution >= 0.6 is 11.3 Å². The van der Waals surface area contributed by atoms with Gasteiger partial charge >= 0.3 is 6.18 Å². The number of thiophene rings is 1. The van der Waals surface area contributed by atoms with Crippen molar-refractivity contribution >= 4 is 11.3 Å². The highest BCUT2D eigenvalue weighted by Gasteiger charge is 2.33. The number of rotatable bonds is 1. The summed E-state index contributed by atoms with van der Waals surface area (Å²) in [4.78, 5) is 13.6. The number of nitriles is 1. The second-order valence-electron chi connectivity index (χ2n) is 3.39. The summed E-state index contributed by atoms with van der Waals surface area (Å²) in [6.07, 6.45) is -4.65. The molecule has 0 radical (unpaired) electrons. The lowest BCUT2D eigenvalue weighted by Gasteiger charge is -2.08. The normalized spacial score (nSPS) is 11.2. The monoisotopic (exact) mass is 270 g/mol. The predicted octanol–water partition coefficient (Wildman–Crippen LogP) is 2.99. The van der Waals surface area contributed by atoms with Crippen molar-refractivity contribution in [1.29, 1.82) is 5.26 Å². The van der Waals surface area contributed by atoms with E-state index in [0.29, 0.717) is 4.88 Å². The Bertz CT molecular complexity index is 665. The van der Waals surface area contributed by atoms with E-state index in [4.69, 9.17) is 5.26 Å². The number of pyridine rings is 1. The fourth-order valence-corrected chi connectivity index (χ4v) is 2.20. The Morgan fingerprint density at radius 1 is 1.39 bits per heavy atom. The fraction of sp³-hybridized carbons (Fsp3) is 0.0909. The van der Waals surface area contributed by atoms with E-state index in [9.17, 15) is 18.0 Å². The molecule has 0 spiro atoms. The quantitative estimate of drug-likeness (QED) is 0.866. The summed E-state index contributed by atoms with van der Waals surface area (Å²) in [5.74, 6) is 0. The van der Waals surface area contributed by atoms with Crippen molar-refractivity contribution in [2.45, 2.75) is 6.18 Å². The van der Waals surface area contributed by atoms with Crippen molar-refractivity contribution in [2.24, 2.45) is 0 Å². The Morgan fingerprint density at radius 3 is 2.61 bits per heavy atom. The molecule has 7 heteroatoms. The number of aromatic nitrogens is 1. The molecule has 3 nitrogen and oxygen atoms in total. The summed E-state index contributed by atoms with van der Waals surface area (Å²) in [6.45, 7) is 0. The molecule has 2 aromatic rings. The van der Waals surface area contributed by atoms with Gasteiger partial charge in [0, 0.05) is 10.4 Å². The third-order valence-electron chi connectivity index (χ3n) is 2.24. The minimum absolute atomic E-state index is 0.00331. The third kappa shape index (κ3) is 2.15. The summed E-state index contributed by atoms with van der Waals surface area (Å²) in [7, 11) is 0. The van der Waals surface area contributed by atoms with E-state index in [1.165, 1.54) is 0 Å². The highest BCUT2D eigenvalue weighted by molar-refractivity contribution is 7.13. The maximum atomic E-state index is 12.6. The second-order valence-corrected chi connectivity index (χ2v) is 4.34. The zero-order chi connectivity index (χ0) is 13.3. The number of alkyl halides is 3. The van der Waals surface area contributed by atoms with Gasteiger partial charge in [-0.3, -0.25) is 4.79 Å². The Labute approximate surface area is 103 Å². The molecular weight excluding hydrogens is 265 g/mol. The first-order valence-corrected chi connectivity index (χ1v) is 5.60. The van der Waals surface area contributed by atoms with E-state index in [-0.39, 0.29) is 11.1 Å². The number of nitrogens with zero attached hydrogens (tertiary/aromatic N) is 1. The third-order valence-corrected chi connectivity index (χ3v) is 3.14. The SMILES string of the molecule is N#Cc1c(-c2cccs2)cc(C(F)(F)F)[nH]c1=O. The van der Waals surface area contributed by atoms with Crippen molar-refractivity contribution in [2.75, 3.05) is 0 Å². The summed E-state index contributed by atoms with van der Waals surface area (Å²) in [5.41, 5.74) is -2.50. The van der Waals surface area contributed by atoms with Gasteiger partial charge in [-0.05, 0) is 17.5 Å². The van der Waals surface area contributed by atoms with Crippen LogP contribution in [0.25, 0.3) is 10.4 Å². The highest BCUT2D eigenvalue weighted by atomic mass is 32.1. The molecule has 92 valence electrons. The topological polar surface area (TPSA) is 56.6 Å². The molecule has 2 rings (SSSR count). The van der Waals surface area contributed by atoms with Crippen molar-refractivity contribution in [3.05, 3.63) is 45.2 Å². The first-order chi connectivity index (χ1) is 8.43. The molecule has 0 saturated carbocycles. The van der Waals surface area contributed by atoms with Gasteiger partial charge in [0.1, 0.15) is 17.3 Å². The van der Waals surface area contributed by atoms with Crippen molar-refractivity contribution in [1.82, 2.24) is 4.98 Å². The number of hydrogen-bond acceptors (Lipinski definition) is 3. The van der Waals surface area contributed by atoms with Crippen LogP contribution in [0, 0.1) is 11.3 Å². The van der Waals surface area contributed by atoms with E-state index in [0.717, 1.165) is 17.4 Å². The number of halogens is 3. The van der Waals surface area contributed by atoms with Gasteiger partial charge in [-0.2, -0.15) is 18.4 Å². The van der Waals surface area contributed by atoms with Crippen LogP contribution in [-0.2, 0) is 6.18 Å². The van der Waals surface area contributed by atoms with Crippen LogP contribution in [0.2, 0.25) is 0 Å². The van der Waals surface area contributed by atoms with E-state index >= 15 is 0 Å². The zero-order valence-corrected chi connectivity index (χ0v) is 9.52. The van der Waals surface area contributed by atoms with Gasteiger partial charge in [-0.25, -0.2) is 0 Å². The van der Waals surface area contributed by atoms with Crippen LogP contribution in [0.4, 0.5) is 13.2 Å². The van der Waals surface area contributed by atoms with Gasteiger partial charge < -0.3 is 4.98 Å². The largest absolute Gasteiger partial charge is 0.431 e. The molecule has 0 unspecified atom stereocenters. The number of H-pyrrole nitrogens is 1. The standard InChI is InChI=1S/C11H5F3N2OS/c12-11(13,14)9-4-6(8-2-1-3-18-8)7(5-15)10(17)16-9/h1-4H,(H,16,17). The molecule has 0 aliphatic heterocycles. The van der Waals surface area contributed by atoms with Gasteiger partial charge in [-0.1, -0.05) is 6.07 Å². The summed E-state index contributed by atoms with van der Waals surface area (Å²) in [5, 5.41) is 10.5. The van der Waals surface area contributed by atoms with Crippen LogP contribution in [0.5, 0.6) is 0 Å². The maximum absolute atomic E-state index is 12.6. The first kappa shape index (κ1) is 12.4. The highest BCUT2D eigenvalue weighted by Crippen LogP contribution is 2.32. The molecule has 1 N–H and O–H groups in total. The minimum Gasteiger partial charge on any atom is -0.317 e. The first-order valence-electron chi connectivity index (χ1n) is 4.72. The molecule has 18 heavy (non-hydrogen) atoms. The predicted molar refractivity (Wildman–Crippen MR) is 60.1 cm³/mol. The fourth-order valence-electron chi connectivity index (χ4n) is 1.45. The number of nitrogens with one attached hydrogen (secondary N) is 1. The molecule has 0 saturated heterocycles. The van der Waals surface area contributed by atoms with E-state index in [1.54, 1.807) is 28.6 Å². The van der Waals surface area contributed by atoms with Crippen LogP contribution < -0.4 is 5.56 Å². The van der Waals surface area contributed by atoms with Gasteiger partial charge in [0.2, 0.25) is 0 Å². The van der Waals surface area contributed by atoms with Crippen LogP contribution in [0.3, 0.4) is 0 Å². The van der Waals surface area contributed by atoms with Crippen molar-refractivity contribution < 1.29 is 13.2 Å². The maximum Gasteiger partial charge on any atom is 0.431 e. The summed E-state index contributed by atoms with van der Waals surface area (Å²) < 4.78 is 37.7. The van der Waals surface area contributed by atoms with Gasteiger partial charge in [0.25, 0.3) is 5.56 Å². The van der Waals surface area contributed by atoms with Crippen LogP contribution in [-0.4, -0.2) is 4.98 Å². The second kappa shape index (κ2) is 4.31. The van der Waals surface area contributed by atoms with Crippen LogP contribution in [0.15, 0.2) is 28.4 Å². The molecule has 0 aromatic carbocycles. The van der Waals surface area contributed by atoms with Gasteiger partial charge in [-0.15, -0.1) is 11.3 Å². The molecule has 0 fully saturated rings. The molecule has 2 aromatic heterocycles. The van der Waals surface area contributed by atoms with Crippen molar-refractivity contribution in [3.63, 3.8) is 0 Å². The molecular formula is C11H5F3N2OS.